The molecule has 9 nitrogen and oxygen atoms in total. The zero-order valence-electron chi connectivity index (χ0n) is 16.4. The summed E-state index contributed by atoms with van der Waals surface area (Å²) in [5, 5.41) is 0. The van der Waals surface area contributed by atoms with Gasteiger partial charge in [0.15, 0.2) is 11.2 Å². The summed E-state index contributed by atoms with van der Waals surface area (Å²) in [5.41, 5.74) is 1.68. The van der Waals surface area contributed by atoms with Crippen molar-refractivity contribution in [3.8, 4) is 0 Å². The monoisotopic (exact) mass is 400 g/mol. The maximum atomic E-state index is 13.0. The third-order valence-electron chi connectivity index (χ3n) is 6.24. The van der Waals surface area contributed by atoms with Crippen molar-refractivity contribution in [1.29, 1.82) is 0 Å². The zero-order chi connectivity index (χ0) is 20.0. The van der Waals surface area contributed by atoms with Gasteiger partial charge in [-0.25, -0.2) is 9.78 Å². The van der Waals surface area contributed by atoms with Gasteiger partial charge in [-0.15, -0.1) is 0 Å². The van der Waals surface area contributed by atoms with Gasteiger partial charge in [0.05, 0.1) is 0 Å². The van der Waals surface area contributed by atoms with Crippen LogP contribution in [0.4, 0.5) is 10.8 Å². The number of fused-ring (bicyclic) bond motifs is 1. The Hall–Kier alpha value is -2.84. The van der Waals surface area contributed by atoms with Crippen molar-refractivity contribution in [2.24, 2.45) is 5.92 Å². The molecule has 2 aromatic heterocycles. The predicted molar refractivity (Wildman–Crippen MR) is 102 cm³/mol. The number of pyridine rings is 1. The lowest BCUT2D eigenvalue weighted by atomic mass is 9.90. The highest BCUT2D eigenvalue weighted by atomic mass is 16.8. The molecule has 3 aliphatic heterocycles. The summed E-state index contributed by atoms with van der Waals surface area (Å²) >= 11 is 0. The lowest BCUT2D eigenvalue weighted by Crippen LogP contribution is -2.50. The Balaban J connectivity index is 1.17. The van der Waals surface area contributed by atoms with Gasteiger partial charge in [-0.1, -0.05) is 0 Å². The Morgan fingerprint density at radius 2 is 1.90 bits per heavy atom. The molecule has 9 heteroatoms. The van der Waals surface area contributed by atoms with Gasteiger partial charge < -0.3 is 23.7 Å². The van der Waals surface area contributed by atoms with Gasteiger partial charge in [0.2, 0.25) is 11.6 Å². The maximum Gasteiger partial charge on any atom is 0.509 e. The third-order valence-corrected chi connectivity index (χ3v) is 6.24. The highest BCUT2D eigenvalue weighted by molar-refractivity contribution is 5.79. The smallest absolute Gasteiger partial charge is 0.430 e. The minimum absolute atomic E-state index is 0.00688. The first kappa shape index (κ1) is 18.2. The number of nitrogens with zero attached hydrogens (tertiary/aromatic N) is 4. The van der Waals surface area contributed by atoms with Crippen molar-refractivity contribution < 1.29 is 23.5 Å². The molecule has 0 N–H and O–H groups in total. The molecular formula is C20H24N4O5. The average Bonchev–Trinajstić information content (AvgIpc) is 3.31. The largest absolute Gasteiger partial charge is 0.509 e. The van der Waals surface area contributed by atoms with Gasteiger partial charge in [0.1, 0.15) is 6.61 Å². The molecule has 5 rings (SSSR count). The summed E-state index contributed by atoms with van der Waals surface area (Å²) in [5.74, 6) is 0.201. The van der Waals surface area contributed by atoms with Crippen LogP contribution in [-0.2, 0) is 14.3 Å². The highest BCUT2D eigenvalue weighted by Gasteiger charge is 2.46. The second-order valence-electron chi connectivity index (χ2n) is 8.18. The van der Waals surface area contributed by atoms with Crippen molar-refractivity contribution in [3.63, 3.8) is 0 Å². The molecule has 0 atom stereocenters. The van der Waals surface area contributed by atoms with E-state index in [0.29, 0.717) is 49.8 Å². The number of carbonyl (C=O) groups is 2. The number of hydrogen-bond donors (Lipinski definition) is 0. The standard InChI is InChI=1S/C20H24N4O5/c1-13-2-3-15-16(21-13)22-18(28-15)24-8-4-14(5-9-24)17(25)23-10-6-20(7-11-23)12-27-19(26)29-20/h2-3,14H,4-12H2,1H3. The van der Waals surface area contributed by atoms with Crippen LogP contribution in [0, 0.1) is 12.8 Å². The molecule has 3 fully saturated rings. The number of aromatic nitrogens is 2. The molecule has 1 amide bonds. The van der Waals surface area contributed by atoms with Crippen LogP contribution in [0.15, 0.2) is 16.5 Å². The quantitative estimate of drug-likeness (QED) is 0.708. The van der Waals surface area contributed by atoms with Crippen LogP contribution in [-0.4, -0.2) is 65.3 Å². The first-order chi connectivity index (χ1) is 14.0. The van der Waals surface area contributed by atoms with Crippen LogP contribution >= 0.6 is 0 Å². The van der Waals surface area contributed by atoms with Crippen LogP contribution in [0.3, 0.4) is 0 Å². The number of oxazole rings is 1. The normalized spacial score (nSPS) is 22.2. The molecule has 2 aromatic rings. The van der Waals surface area contributed by atoms with Gasteiger partial charge in [-0.3, -0.25) is 4.79 Å². The molecule has 0 radical (unpaired) electrons. The van der Waals surface area contributed by atoms with Gasteiger partial charge in [-0.2, -0.15) is 4.98 Å². The number of hydrogen-bond acceptors (Lipinski definition) is 8. The van der Waals surface area contributed by atoms with Crippen LogP contribution < -0.4 is 4.90 Å². The van der Waals surface area contributed by atoms with Crippen molar-refractivity contribution in [2.75, 3.05) is 37.7 Å². The van der Waals surface area contributed by atoms with E-state index in [-0.39, 0.29) is 11.8 Å². The predicted octanol–water partition coefficient (Wildman–Crippen LogP) is 2.28. The van der Waals surface area contributed by atoms with Crippen molar-refractivity contribution in [3.05, 3.63) is 17.8 Å². The van der Waals surface area contributed by atoms with E-state index in [2.05, 4.69) is 14.9 Å². The Kier molecular flexibility index (Phi) is 4.33. The fraction of sp³-hybridized carbons (Fsp3) is 0.600. The first-order valence-electron chi connectivity index (χ1n) is 10.2. The molecule has 3 saturated heterocycles. The molecule has 154 valence electrons. The van der Waals surface area contributed by atoms with Crippen LogP contribution in [0.1, 0.15) is 31.4 Å². The minimum Gasteiger partial charge on any atom is -0.430 e. The van der Waals surface area contributed by atoms with Crippen LogP contribution in [0.2, 0.25) is 0 Å². The van der Waals surface area contributed by atoms with E-state index in [1.165, 1.54) is 0 Å². The number of anilines is 1. The summed E-state index contributed by atoms with van der Waals surface area (Å²) < 4.78 is 16.1. The molecular weight excluding hydrogens is 376 g/mol. The topological polar surface area (TPSA) is 98.0 Å². The summed E-state index contributed by atoms with van der Waals surface area (Å²) in [6.07, 6.45) is 2.21. The average molecular weight is 400 g/mol. The summed E-state index contributed by atoms with van der Waals surface area (Å²) in [6, 6.07) is 4.37. The van der Waals surface area contributed by atoms with Crippen LogP contribution in [0.5, 0.6) is 0 Å². The number of piperidine rings is 2. The third kappa shape index (κ3) is 3.38. The lowest BCUT2D eigenvalue weighted by Gasteiger charge is -2.39. The molecule has 0 aromatic carbocycles. The number of likely N-dealkylation sites (tertiary alicyclic amines) is 1. The second kappa shape index (κ2) is 6.89. The van der Waals surface area contributed by atoms with Crippen LogP contribution in [0.25, 0.3) is 11.2 Å². The Bertz CT molecular complexity index is 941. The maximum absolute atomic E-state index is 13.0. The van der Waals surface area contributed by atoms with Gasteiger partial charge >= 0.3 is 6.16 Å². The lowest BCUT2D eigenvalue weighted by molar-refractivity contribution is -0.139. The minimum atomic E-state index is -0.596. The van der Waals surface area contributed by atoms with E-state index in [9.17, 15) is 9.59 Å². The molecule has 0 unspecified atom stereocenters. The molecule has 0 aliphatic carbocycles. The fourth-order valence-electron chi connectivity index (χ4n) is 4.42. The summed E-state index contributed by atoms with van der Waals surface area (Å²) in [6.45, 7) is 4.89. The number of cyclic esters (lactones) is 1. The Morgan fingerprint density at radius 3 is 2.59 bits per heavy atom. The molecule has 29 heavy (non-hydrogen) atoms. The number of aryl methyl sites for hydroxylation is 1. The molecule has 1 spiro atoms. The van der Waals surface area contributed by atoms with E-state index >= 15 is 0 Å². The van der Waals surface area contributed by atoms with Crippen molar-refractivity contribution in [1.82, 2.24) is 14.9 Å². The fourth-order valence-corrected chi connectivity index (χ4v) is 4.42. The highest BCUT2D eigenvalue weighted by Crippen LogP contribution is 2.33. The number of ether oxygens (including phenoxy) is 2. The zero-order valence-corrected chi connectivity index (χ0v) is 16.4. The second-order valence-corrected chi connectivity index (χ2v) is 8.18. The Labute approximate surface area is 168 Å². The van der Waals surface area contributed by atoms with E-state index in [1.807, 2.05) is 24.0 Å². The van der Waals surface area contributed by atoms with E-state index in [0.717, 1.165) is 31.6 Å². The van der Waals surface area contributed by atoms with Crippen molar-refractivity contribution in [2.45, 2.75) is 38.2 Å². The number of amides is 1. The SMILES string of the molecule is Cc1ccc2oc(N3CCC(C(=O)N4CCC5(CC4)COC(=O)O5)CC3)nc2n1. The Morgan fingerprint density at radius 1 is 1.14 bits per heavy atom. The molecule has 0 bridgehead atoms. The van der Waals surface area contributed by atoms with E-state index in [4.69, 9.17) is 13.9 Å². The van der Waals surface area contributed by atoms with E-state index in [1.54, 1.807) is 0 Å². The first-order valence-corrected chi connectivity index (χ1v) is 10.2. The van der Waals surface area contributed by atoms with Gasteiger partial charge in [0, 0.05) is 50.6 Å². The summed E-state index contributed by atoms with van der Waals surface area (Å²) in [7, 11) is 0. The molecule has 5 heterocycles. The molecule has 0 saturated carbocycles. The number of carbonyl (C=O) groups excluding carboxylic acids is 2. The number of rotatable bonds is 2. The van der Waals surface area contributed by atoms with Gasteiger partial charge in [-0.05, 0) is 31.9 Å². The van der Waals surface area contributed by atoms with E-state index < -0.39 is 11.8 Å². The van der Waals surface area contributed by atoms with Gasteiger partial charge in [0.25, 0.3) is 6.01 Å². The molecule has 3 aliphatic rings. The van der Waals surface area contributed by atoms with Crippen molar-refractivity contribution >= 4 is 29.3 Å². The summed E-state index contributed by atoms with van der Waals surface area (Å²) in [4.78, 5) is 37.1.